The molecule has 3 heterocycles. The van der Waals surface area contributed by atoms with Gasteiger partial charge in [0.25, 0.3) is 0 Å². The van der Waals surface area contributed by atoms with Gasteiger partial charge in [-0.05, 0) is 22.9 Å². The monoisotopic (exact) mass is 248 g/mol. The van der Waals surface area contributed by atoms with Gasteiger partial charge in [0.2, 0.25) is 0 Å². The zero-order chi connectivity index (χ0) is 11.0. The Balaban J connectivity index is 2.16. The zero-order valence-corrected chi connectivity index (χ0v) is 9.94. The van der Waals surface area contributed by atoms with E-state index >= 15 is 0 Å². The van der Waals surface area contributed by atoms with Crippen molar-refractivity contribution in [3.05, 3.63) is 44.8 Å². The first-order valence-corrected chi connectivity index (χ1v) is 6.60. The summed E-state index contributed by atoms with van der Waals surface area (Å²) in [7, 11) is 0. The second-order valence-corrected chi connectivity index (χ2v) is 5.28. The lowest BCUT2D eigenvalue weighted by Crippen LogP contribution is -1.96. The molecule has 3 rings (SSSR count). The molecular weight excluding hydrogens is 240 g/mol. The van der Waals surface area contributed by atoms with Crippen LogP contribution in [0.15, 0.2) is 35.0 Å². The number of hydrogen-bond donors (Lipinski definition) is 0. The van der Waals surface area contributed by atoms with Gasteiger partial charge in [0.05, 0.1) is 5.57 Å². The first-order chi connectivity index (χ1) is 7.86. The summed E-state index contributed by atoms with van der Waals surface area (Å²) in [4.78, 5) is 13.8. The van der Waals surface area contributed by atoms with Crippen LogP contribution in [0.1, 0.15) is 9.75 Å². The summed E-state index contributed by atoms with van der Waals surface area (Å²) in [5.41, 5.74) is 1.75. The van der Waals surface area contributed by atoms with Crippen molar-refractivity contribution in [3.8, 4) is 0 Å². The molecule has 0 atom stereocenters. The minimum Gasteiger partial charge on any atom is -0.457 e. The van der Waals surface area contributed by atoms with Gasteiger partial charge in [-0.25, -0.2) is 4.79 Å². The van der Waals surface area contributed by atoms with Crippen molar-refractivity contribution in [3.63, 3.8) is 0 Å². The zero-order valence-electron chi connectivity index (χ0n) is 8.30. The van der Waals surface area contributed by atoms with E-state index in [4.69, 9.17) is 4.74 Å². The first kappa shape index (κ1) is 9.81. The molecule has 0 amide bonds. The number of ether oxygens (including phenoxy) is 1. The molecule has 0 fully saturated rings. The Labute approximate surface area is 101 Å². The molecule has 2 nitrogen and oxygen atoms in total. The Morgan fingerprint density at radius 2 is 1.75 bits per heavy atom. The average Bonchev–Trinajstić information content (AvgIpc) is 2.96. The van der Waals surface area contributed by atoms with E-state index in [1.165, 1.54) is 0 Å². The largest absolute Gasteiger partial charge is 0.457 e. The molecule has 80 valence electrons. The highest BCUT2D eigenvalue weighted by Crippen LogP contribution is 2.36. The van der Waals surface area contributed by atoms with E-state index in [1.54, 1.807) is 22.7 Å². The van der Waals surface area contributed by atoms with Crippen LogP contribution in [0.5, 0.6) is 0 Å². The van der Waals surface area contributed by atoms with Crippen LogP contribution in [0.4, 0.5) is 0 Å². The van der Waals surface area contributed by atoms with Crippen LogP contribution in [0, 0.1) is 0 Å². The lowest BCUT2D eigenvalue weighted by atomic mass is 10.1. The van der Waals surface area contributed by atoms with Gasteiger partial charge in [-0.3, -0.25) is 0 Å². The number of esters is 1. The van der Waals surface area contributed by atoms with Gasteiger partial charge in [-0.1, -0.05) is 12.1 Å². The first-order valence-electron chi connectivity index (χ1n) is 4.84. The molecular formula is C12H8O2S2. The predicted octanol–water partition coefficient (Wildman–Crippen LogP) is 3.28. The number of cyclic esters (lactones) is 1. The van der Waals surface area contributed by atoms with Crippen molar-refractivity contribution in [1.29, 1.82) is 0 Å². The molecule has 1 aliphatic heterocycles. The molecule has 0 bridgehead atoms. The topological polar surface area (TPSA) is 26.3 Å². The van der Waals surface area contributed by atoms with Gasteiger partial charge in [0, 0.05) is 15.3 Å². The van der Waals surface area contributed by atoms with E-state index in [0.717, 1.165) is 20.9 Å². The maximum Gasteiger partial charge on any atom is 0.340 e. The quantitative estimate of drug-likeness (QED) is 0.762. The van der Waals surface area contributed by atoms with Gasteiger partial charge in [-0.15, -0.1) is 22.7 Å². The number of thiophene rings is 2. The van der Waals surface area contributed by atoms with E-state index in [-0.39, 0.29) is 5.97 Å². The summed E-state index contributed by atoms with van der Waals surface area (Å²) in [6.45, 7) is 0.395. The normalized spacial score (nSPS) is 15.6. The van der Waals surface area contributed by atoms with Crippen molar-refractivity contribution in [2.24, 2.45) is 0 Å². The lowest BCUT2D eigenvalue weighted by Gasteiger charge is -1.97. The van der Waals surface area contributed by atoms with Crippen LogP contribution in [0.3, 0.4) is 0 Å². The Bertz CT molecular complexity index is 536. The fourth-order valence-electron chi connectivity index (χ4n) is 1.72. The number of carbonyl (C=O) groups excluding carboxylic acids is 1. The second kappa shape index (κ2) is 3.88. The van der Waals surface area contributed by atoms with Crippen LogP contribution in [0.25, 0.3) is 11.1 Å². The molecule has 0 aliphatic carbocycles. The lowest BCUT2D eigenvalue weighted by molar-refractivity contribution is -0.133. The van der Waals surface area contributed by atoms with Crippen molar-refractivity contribution >= 4 is 39.8 Å². The van der Waals surface area contributed by atoms with Gasteiger partial charge in [0.1, 0.15) is 6.61 Å². The average molecular weight is 248 g/mol. The van der Waals surface area contributed by atoms with Crippen molar-refractivity contribution in [1.82, 2.24) is 0 Å². The number of carbonyl (C=O) groups is 1. The summed E-state index contributed by atoms with van der Waals surface area (Å²) in [5.74, 6) is -0.203. The van der Waals surface area contributed by atoms with Crippen LogP contribution >= 0.6 is 22.7 Å². The molecule has 0 unspecified atom stereocenters. The molecule has 16 heavy (non-hydrogen) atoms. The maximum absolute atomic E-state index is 11.7. The molecule has 0 saturated carbocycles. The molecule has 0 aromatic carbocycles. The van der Waals surface area contributed by atoms with Crippen molar-refractivity contribution < 1.29 is 9.53 Å². The molecule has 0 N–H and O–H groups in total. The summed E-state index contributed by atoms with van der Waals surface area (Å²) >= 11 is 3.21. The highest BCUT2D eigenvalue weighted by atomic mass is 32.1. The van der Waals surface area contributed by atoms with E-state index < -0.39 is 0 Å². The van der Waals surface area contributed by atoms with E-state index in [1.807, 2.05) is 35.0 Å². The molecule has 2 aromatic rings. The van der Waals surface area contributed by atoms with Gasteiger partial charge < -0.3 is 4.74 Å². The molecule has 0 saturated heterocycles. The highest BCUT2D eigenvalue weighted by molar-refractivity contribution is 7.12. The SMILES string of the molecule is O=C1OCC(c2cccs2)=C1c1cccs1. The molecule has 0 radical (unpaired) electrons. The molecule has 4 heteroatoms. The second-order valence-electron chi connectivity index (χ2n) is 3.38. The summed E-state index contributed by atoms with van der Waals surface area (Å²) in [6.07, 6.45) is 0. The van der Waals surface area contributed by atoms with E-state index in [0.29, 0.717) is 6.61 Å². The summed E-state index contributed by atoms with van der Waals surface area (Å²) in [5, 5.41) is 3.98. The van der Waals surface area contributed by atoms with Crippen LogP contribution in [0.2, 0.25) is 0 Å². The Hall–Kier alpha value is -1.39. The fourth-order valence-corrected chi connectivity index (χ4v) is 3.27. The molecule has 1 aliphatic rings. The smallest absolute Gasteiger partial charge is 0.340 e. The number of hydrogen-bond acceptors (Lipinski definition) is 4. The minimum absolute atomic E-state index is 0.203. The third kappa shape index (κ3) is 1.50. The van der Waals surface area contributed by atoms with E-state index in [9.17, 15) is 4.79 Å². The maximum atomic E-state index is 11.7. The Morgan fingerprint density at radius 1 is 1.06 bits per heavy atom. The molecule has 0 spiro atoms. The van der Waals surface area contributed by atoms with Gasteiger partial charge in [-0.2, -0.15) is 0 Å². The highest BCUT2D eigenvalue weighted by Gasteiger charge is 2.28. The fraction of sp³-hybridized carbons (Fsp3) is 0.0833. The Morgan fingerprint density at radius 3 is 2.38 bits per heavy atom. The third-order valence-electron chi connectivity index (χ3n) is 2.44. The minimum atomic E-state index is -0.203. The van der Waals surface area contributed by atoms with E-state index in [2.05, 4.69) is 0 Å². The van der Waals surface area contributed by atoms with Crippen LogP contribution < -0.4 is 0 Å². The Kier molecular flexibility index (Phi) is 2.38. The summed E-state index contributed by atoms with van der Waals surface area (Å²) < 4.78 is 5.13. The van der Waals surface area contributed by atoms with Crippen molar-refractivity contribution in [2.45, 2.75) is 0 Å². The third-order valence-corrected chi connectivity index (χ3v) is 4.26. The summed E-state index contributed by atoms with van der Waals surface area (Å²) in [6, 6.07) is 7.92. The predicted molar refractivity (Wildman–Crippen MR) is 66.4 cm³/mol. The van der Waals surface area contributed by atoms with Crippen LogP contribution in [-0.4, -0.2) is 12.6 Å². The van der Waals surface area contributed by atoms with Crippen LogP contribution in [-0.2, 0) is 9.53 Å². The standard InChI is InChI=1S/C12H8O2S2/c13-12-11(10-4-2-6-16-10)8(7-14-12)9-3-1-5-15-9/h1-6H,7H2. The van der Waals surface area contributed by atoms with Gasteiger partial charge in [0.15, 0.2) is 0 Å². The number of rotatable bonds is 2. The van der Waals surface area contributed by atoms with Gasteiger partial charge >= 0.3 is 5.97 Å². The van der Waals surface area contributed by atoms with Crippen molar-refractivity contribution in [2.75, 3.05) is 6.61 Å². The molecule has 2 aromatic heterocycles.